The van der Waals surface area contributed by atoms with Gasteiger partial charge in [0, 0.05) is 5.57 Å². The smallest absolute Gasteiger partial charge is 0.0947 e. The fourth-order valence-corrected chi connectivity index (χ4v) is 0.835. The van der Waals surface area contributed by atoms with Gasteiger partial charge in [0.05, 0.1) is 6.07 Å². The summed E-state index contributed by atoms with van der Waals surface area (Å²) in [6.45, 7) is 10.1. The maximum atomic E-state index is 8.43. The average molecular weight is 179 g/mol. The van der Waals surface area contributed by atoms with E-state index in [-0.39, 0.29) is 0 Å². The maximum absolute atomic E-state index is 8.43. The molecule has 0 saturated heterocycles. The Hall–Kier alpha value is -1.03. The number of allylic oxidation sites excluding steroid dienone is 4. The van der Waals surface area contributed by atoms with Crippen LogP contribution < -0.4 is 0 Å². The van der Waals surface area contributed by atoms with E-state index in [1.54, 1.807) is 0 Å². The van der Waals surface area contributed by atoms with Crippen LogP contribution in [0.5, 0.6) is 0 Å². The first kappa shape index (κ1) is 14.5. The number of nitrogens with zero attached hydrogens (tertiary/aromatic N) is 1. The summed E-state index contributed by atoms with van der Waals surface area (Å²) in [5, 5.41) is 8.43. The fraction of sp³-hybridized carbons (Fsp3) is 0.583. The predicted molar refractivity (Wildman–Crippen MR) is 59.4 cm³/mol. The standard InChI is InChI=1S/C8H9N.2C2H6/c1-7-2-4-8(6-9)5-3-7;2*1-2/h2,4H,3,5H2,1H3;2*1-2H3. The molecule has 1 nitrogen and oxygen atoms in total. The topological polar surface area (TPSA) is 23.8 Å². The fourth-order valence-electron chi connectivity index (χ4n) is 0.835. The molecular weight excluding hydrogens is 158 g/mol. The lowest BCUT2D eigenvalue weighted by Crippen LogP contribution is -1.87. The molecule has 0 bridgehead atoms. The molecule has 0 aromatic carbocycles. The first-order chi connectivity index (χ1) is 6.33. The van der Waals surface area contributed by atoms with E-state index in [1.807, 2.05) is 39.8 Å². The summed E-state index contributed by atoms with van der Waals surface area (Å²) >= 11 is 0. The molecule has 74 valence electrons. The molecule has 0 spiro atoms. The third-order valence-corrected chi connectivity index (χ3v) is 1.50. The van der Waals surface area contributed by atoms with Crippen molar-refractivity contribution in [3.05, 3.63) is 23.3 Å². The highest BCUT2D eigenvalue weighted by Gasteiger charge is 1.99. The second-order valence-corrected chi connectivity index (χ2v) is 2.32. The molecule has 0 atom stereocenters. The van der Waals surface area contributed by atoms with Crippen molar-refractivity contribution >= 4 is 0 Å². The van der Waals surface area contributed by atoms with E-state index >= 15 is 0 Å². The van der Waals surface area contributed by atoms with E-state index < -0.39 is 0 Å². The van der Waals surface area contributed by atoms with Crippen molar-refractivity contribution in [1.82, 2.24) is 0 Å². The van der Waals surface area contributed by atoms with Gasteiger partial charge < -0.3 is 0 Å². The normalized spacial score (nSPS) is 13.2. The monoisotopic (exact) mass is 179 g/mol. The molecule has 1 aliphatic carbocycles. The van der Waals surface area contributed by atoms with Crippen molar-refractivity contribution in [2.75, 3.05) is 0 Å². The largest absolute Gasteiger partial charge is 0.193 e. The van der Waals surface area contributed by atoms with Crippen molar-refractivity contribution < 1.29 is 0 Å². The summed E-state index contributed by atoms with van der Waals surface area (Å²) in [6, 6.07) is 2.14. The van der Waals surface area contributed by atoms with E-state index in [2.05, 4.69) is 13.0 Å². The van der Waals surface area contributed by atoms with Crippen LogP contribution in [0.25, 0.3) is 0 Å². The summed E-state index contributed by atoms with van der Waals surface area (Å²) in [6.07, 6.45) is 5.90. The predicted octanol–water partition coefficient (Wildman–Crippen LogP) is 4.23. The Morgan fingerprint density at radius 1 is 1.08 bits per heavy atom. The van der Waals surface area contributed by atoms with E-state index in [0.717, 1.165) is 18.4 Å². The van der Waals surface area contributed by atoms with Gasteiger partial charge in [0.1, 0.15) is 0 Å². The summed E-state index contributed by atoms with van der Waals surface area (Å²) < 4.78 is 0. The van der Waals surface area contributed by atoms with Gasteiger partial charge in [0.15, 0.2) is 0 Å². The molecule has 1 heteroatoms. The zero-order valence-electron chi connectivity index (χ0n) is 9.52. The van der Waals surface area contributed by atoms with Crippen LogP contribution in [0, 0.1) is 11.3 Å². The first-order valence-electron chi connectivity index (χ1n) is 5.09. The van der Waals surface area contributed by atoms with Gasteiger partial charge in [-0.2, -0.15) is 5.26 Å². The molecule has 0 aromatic heterocycles. The summed E-state index contributed by atoms with van der Waals surface area (Å²) in [4.78, 5) is 0. The molecule has 0 unspecified atom stereocenters. The van der Waals surface area contributed by atoms with Gasteiger partial charge in [-0.1, -0.05) is 39.3 Å². The summed E-state index contributed by atoms with van der Waals surface area (Å²) in [5.74, 6) is 0. The van der Waals surface area contributed by atoms with Crippen molar-refractivity contribution in [2.24, 2.45) is 0 Å². The van der Waals surface area contributed by atoms with Gasteiger partial charge >= 0.3 is 0 Å². The van der Waals surface area contributed by atoms with E-state index in [0.29, 0.717) is 0 Å². The minimum Gasteiger partial charge on any atom is -0.193 e. The Morgan fingerprint density at radius 3 is 1.92 bits per heavy atom. The summed E-state index contributed by atoms with van der Waals surface area (Å²) in [7, 11) is 0. The molecule has 0 N–H and O–H groups in total. The third-order valence-electron chi connectivity index (χ3n) is 1.50. The Bertz CT molecular complexity index is 204. The minimum absolute atomic E-state index is 0.903. The van der Waals surface area contributed by atoms with E-state index in [1.165, 1.54) is 5.57 Å². The molecule has 0 heterocycles. The molecule has 0 saturated carbocycles. The molecule has 0 aliphatic heterocycles. The highest BCUT2D eigenvalue weighted by atomic mass is 14.2. The minimum atomic E-state index is 0.903. The van der Waals surface area contributed by atoms with Crippen LogP contribution in [0.4, 0.5) is 0 Å². The Labute approximate surface area is 82.8 Å². The maximum Gasteiger partial charge on any atom is 0.0947 e. The molecular formula is C12H21N. The van der Waals surface area contributed by atoms with Gasteiger partial charge in [0.25, 0.3) is 0 Å². The first-order valence-corrected chi connectivity index (χ1v) is 5.09. The van der Waals surface area contributed by atoms with Crippen molar-refractivity contribution in [1.29, 1.82) is 5.26 Å². The van der Waals surface area contributed by atoms with Gasteiger partial charge in [0.2, 0.25) is 0 Å². The zero-order valence-corrected chi connectivity index (χ0v) is 9.52. The lowest BCUT2D eigenvalue weighted by atomic mass is 10.0. The van der Waals surface area contributed by atoms with E-state index in [9.17, 15) is 0 Å². The van der Waals surface area contributed by atoms with Crippen LogP contribution in [0.1, 0.15) is 47.5 Å². The molecule has 13 heavy (non-hydrogen) atoms. The number of rotatable bonds is 0. The van der Waals surface area contributed by atoms with Gasteiger partial charge in [-0.05, 0) is 25.8 Å². The van der Waals surface area contributed by atoms with Crippen molar-refractivity contribution in [2.45, 2.75) is 47.5 Å². The number of nitriles is 1. The lowest BCUT2D eigenvalue weighted by molar-refractivity contribution is 0.930. The van der Waals surface area contributed by atoms with Crippen LogP contribution in [0.15, 0.2) is 23.3 Å². The van der Waals surface area contributed by atoms with Crippen LogP contribution in [0.2, 0.25) is 0 Å². The van der Waals surface area contributed by atoms with Crippen LogP contribution >= 0.6 is 0 Å². The molecule has 0 amide bonds. The zero-order chi connectivity index (χ0) is 10.7. The second-order valence-electron chi connectivity index (χ2n) is 2.32. The molecule has 1 aliphatic rings. The molecule has 0 fully saturated rings. The van der Waals surface area contributed by atoms with Crippen molar-refractivity contribution in [3.63, 3.8) is 0 Å². The van der Waals surface area contributed by atoms with Gasteiger partial charge in [-0.3, -0.25) is 0 Å². The summed E-state index contributed by atoms with van der Waals surface area (Å²) in [5.41, 5.74) is 2.27. The van der Waals surface area contributed by atoms with Crippen LogP contribution in [-0.2, 0) is 0 Å². The van der Waals surface area contributed by atoms with Crippen LogP contribution in [0.3, 0.4) is 0 Å². The van der Waals surface area contributed by atoms with Crippen molar-refractivity contribution in [3.8, 4) is 6.07 Å². The van der Waals surface area contributed by atoms with Gasteiger partial charge in [-0.15, -0.1) is 0 Å². The number of hydrogen-bond acceptors (Lipinski definition) is 1. The Kier molecular flexibility index (Phi) is 12.2. The SMILES string of the molecule is CC.CC.CC1=CC=C(C#N)CC1. The van der Waals surface area contributed by atoms with Crippen LogP contribution in [-0.4, -0.2) is 0 Å². The lowest BCUT2D eigenvalue weighted by Gasteiger charge is -2.03. The Morgan fingerprint density at radius 2 is 1.62 bits per heavy atom. The van der Waals surface area contributed by atoms with Gasteiger partial charge in [-0.25, -0.2) is 0 Å². The molecule has 0 aromatic rings. The highest BCUT2D eigenvalue weighted by Crippen LogP contribution is 2.16. The average Bonchev–Trinajstić information content (AvgIpc) is 2.25. The molecule has 1 rings (SSSR count). The third kappa shape index (κ3) is 7.33. The number of hydrogen-bond donors (Lipinski definition) is 0. The highest BCUT2D eigenvalue weighted by molar-refractivity contribution is 5.31. The second kappa shape index (κ2) is 11.0. The molecule has 0 radical (unpaired) electrons. The quantitative estimate of drug-likeness (QED) is 0.546. The van der Waals surface area contributed by atoms with E-state index in [4.69, 9.17) is 5.26 Å². The Balaban J connectivity index is 0.